The van der Waals surface area contributed by atoms with Crippen LogP contribution in [-0.2, 0) is 0 Å². The van der Waals surface area contributed by atoms with Gasteiger partial charge in [-0.3, -0.25) is 0 Å². The van der Waals surface area contributed by atoms with Gasteiger partial charge in [-0.2, -0.15) is 0 Å². The molecule has 0 aliphatic carbocycles. The van der Waals surface area contributed by atoms with Crippen LogP contribution in [-0.4, -0.2) is 21.9 Å². The van der Waals surface area contributed by atoms with E-state index < -0.39 is 11.7 Å². The van der Waals surface area contributed by atoms with Crippen molar-refractivity contribution in [3.63, 3.8) is 0 Å². The van der Waals surface area contributed by atoms with E-state index >= 15 is 0 Å². The molecule has 2 N–H and O–H groups in total. The largest absolute Gasteiger partial charge is 0.390 e. The molecule has 0 aliphatic rings. The summed E-state index contributed by atoms with van der Waals surface area (Å²) in [6, 6.07) is 0. The van der Waals surface area contributed by atoms with Crippen molar-refractivity contribution in [1.82, 2.24) is 0 Å². The summed E-state index contributed by atoms with van der Waals surface area (Å²) in [5.41, 5.74) is -1.02. The van der Waals surface area contributed by atoms with Crippen LogP contribution in [0.5, 0.6) is 0 Å². The van der Waals surface area contributed by atoms with Gasteiger partial charge >= 0.3 is 0 Å². The van der Waals surface area contributed by atoms with Gasteiger partial charge in [0.1, 0.15) is 0 Å². The minimum Gasteiger partial charge on any atom is -0.390 e. The Balaban J connectivity index is 3.96. The molecule has 3 atom stereocenters. The number of unbranched alkanes of at least 4 members (excludes halogenated alkanes) is 1. The minimum absolute atomic E-state index is 0.317. The van der Waals surface area contributed by atoms with Crippen LogP contribution in [0.3, 0.4) is 0 Å². The fourth-order valence-corrected chi connectivity index (χ4v) is 1.74. The van der Waals surface area contributed by atoms with Crippen molar-refractivity contribution < 1.29 is 10.2 Å². The zero-order valence-corrected chi connectivity index (χ0v) is 12.7. The average Bonchev–Trinajstić information content (AvgIpc) is 2.24. The minimum atomic E-state index is -1.02. The molecule has 0 aliphatic heterocycles. The van der Waals surface area contributed by atoms with E-state index in [1.807, 2.05) is 0 Å². The number of aliphatic hydroxyl groups is 2. The SMILES string of the molecule is CCCC[C@@H](C)C#CC[C@@H](C)CC(O)C(C)(C)O. The highest BCUT2D eigenvalue weighted by Crippen LogP contribution is 2.18. The van der Waals surface area contributed by atoms with E-state index in [9.17, 15) is 10.2 Å². The maximum Gasteiger partial charge on any atom is 0.0849 e. The highest BCUT2D eigenvalue weighted by molar-refractivity contribution is 5.03. The first-order valence-corrected chi connectivity index (χ1v) is 7.16. The maximum atomic E-state index is 9.78. The third kappa shape index (κ3) is 8.55. The van der Waals surface area contributed by atoms with Crippen LogP contribution in [0.4, 0.5) is 0 Å². The molecule has 2 heteroatoms. The van der Waals surface area contributed by atoms with Crippen molar-refractivity contribution in [3.05, 3.63) is 0 Å². The van der Waals surface area contributed by atoms with E-state index in [2.05, 4.69) is 32.6 Å². The number of hydrogen-bond acceptors (Lipinski definition) is 2. The van der Waals surface area contributed by atoms with Gasteiger partial charge in [0.05, 0.1) is 11.7 Å². The van der Waals surface area contributed by atoms with Crippen molar-refractivity contribution in [2.24, 2.45) is 11.8 Å². The molecule has 106 valence electrons. The van der Waals surface area contributed by atoms with Crippen LogP contribution in [0, 0.1) is 23.7 Å². The van der Waals surface area contributed by atoms with E-state index in [1.165, 1.54) is 19.3 Å². The van der Waals surface area contributed by atoms with Crippen molar-refractivity contribution in [2.75, 3.05) is 0 Å². The Morgan fingerprint density at radius 3 is 2.33 bits per heavy atom. The second-order valence-corrected chi connectivity index (χ2v) is 6.08. The van der Waals surface area contributed by atoms with Gasteiger partial charge in [-0.1, -0.05) is 33.6 Å². The van der Waals surface area contributed by atoms with Gasteiger partial charge in [-0.15, -0.1) is 11.8 Å². The van der Waals surface area contributed by atoms with Crippen LogP contribution in [0.15, 0.2) is 0 Å². The van der Waals surface area contributed by atoms with Crippen LogP contribution < -0.4 is 0 Å². The summed E-state index contributed by atoms with van der Waals surface area (Å²) in [7, 11) is 0. The number of rotatable bonds is 7. The molecule has 0 spiro atoms. The van der Waals surface area contributed by atoms with Gasteiger partial charge in [0.15, 0.2) is 0 Å². The molecule has 2 nitrogen and oxygen atoms in total. The lowest BCUT2D eigenvalue weighted by Gasteiger charge is -2.26. The Hall–Kier alpha value is -0.520. The number of hydrogen-bond donors (Lipinski definition) is 2. The molecule has 0 fully saturated rings. The van der Waals surface area contributed by atoms with E-state index in [0.717, 1.165) is 6.42 Å². The van der Waals surface area contributed by atoms with Crippen LogP contribution in [0.2, 0.25) is 0 Å². The third-order valence-corrected chi connectivity index (χ3v) is 3.23. The molecular formula is C16H30O2. The fourth-order valence-electron chi connectivity index (χ4n) is 1.74. The molecule has 0 bridgehead atoms. The van der Waals surface area contributed by atoms with Gasteiger partial charge in [0.25, 0.3) is 0 Å². The van der Waals surface area contributed by atoms with Gasteiger partial charge < -0.3 is 10.2 Å². The summed E-state index contributed by atoms with van der Waals surface area (Å²) >= 11 is 0. The second kappa shape index (κ2) is 8.56. The Kier molecular flexibility index (Phi) is 8.31. The van der Waals surface area contributed by atoms with Crippen LogP contribution in [0.1, 0.15) is 66.7 Å². The lowest BCUT2D eigenvalue weighted by molar-refractivity contribution is -0.0570. The average molecular weight is 254 g/mol. The zero-order valence-electron chi connectivity index (χ0n) is 12.7. The highest BCUT2D eigenvalue weighted by Gasteiger charge is 2.25. The predicted molar refractivity (Wildman–Crippen MR) is 77.2 cm³/mol. The molecule has 18 heavy (non-hydrogen) atoms. The summed E-state index contributed by atoms with van der Waals surface area (Å²) in [6.07, 6.45) is 4.35. The molecule has 0 saturated carbocycles. The standard InChI is InChI=1S/C16H30O2/c1-6-7-9-13(2)10-8-11-14(3)12-15(17)16(4,5)18/h13-15,17-18H,6-7,9,11-12H2,1-5H3/t13-,14-,15?/m1/s1. The summed E-state index contributed by atoms with van der Waals surface area (Å²) in [6.45, 7) is 9.71. The van der Waals surface area contributed by atoms with Gasteiger partial charge in [0, 0.05) is 12.3 Å². The molecule has 0 aromatic heterocycles. The Morgan fingerprint density at radius 2 is 1.83 bits per heavy atom. The molecule has 1 unspecified atom stereocenters. The van der Waals surface area contributed by atoms with Crippen molar-refractivity contribution >= 4 is 0 Å². The molecule has 0 saturated heterocycles. The van der Waals surface area contributed by atoms with E-state index in [4.69, 9.17) is 0 Å². The Morgan fingerprint density at radius 1 is 1.22 bits per heavy atom. The summed E-state index contributed by atoms with van der Waals surface area (Å²) in [5, 5.41) is 19.4. The van der Waals surface area contributed by atoms with Gasteiger partial charge in [-0.05, 0) is 32.6 Å². The van der Waals surface area contributed by atoms with Gasteiger partial charge in [0.2, 0.25) is 0 Å². The van der Waals surface area contributed by atoms with Gasteiger partial charge in [-0.25, -0.2) is 0 Å². The zero-order chi connectivity index (χ0) is 14.2. The van der Waals surface area contributed by atoms with Crippen LogP contribution >= 0.6 is 0 Å². The van der Waals surface area contributed by atoms with Crippen molar-refractivity contribution in [1.29, 1.82) is 0 Å². The molecule has 0 rings (SSSR count). The van der Waals surface area contributed by atoms with Crippen LogP contribution in [0.25, 0.3) is 0 Å². The Bertz CT molecular complexity index is 267. The van der Waals surface area contributed by atoms with Crippen molar-refractivity contribution in [2.45, 2.75) is 78.4 Å². The first-order chi connectivity index (χ1) is 8.27. The monoisotopic (exact) mass is 254 g/mol. The Labute approximate surface area is 113 Å². The first kappa shape index (κ1) is 17.5. The normalized spacial score (nSPS) is 16.6. The lowest BCUT2D eigenvalue weighted by atomic mass is 9.91. The smallest absolute Gasteiger partial charge is 0.0849 e. The first-order valence-electron chi connectivity index (χ1n) is 7.16. The predicted octanol–water partition coefficient (Wildman–Crippen LogP) is 3.36. The third-order valence-electron chi connectivity index (χ3n) is 3.23. The van der Waals surface area contributed by atoms with Crippen molar-refractivity contribution in [3.8, 4) is 11.8 Å². The van der Waals surface area contributed by atoms with E-state index in [1.54, 1.807) is 13.8 Å². The molecule has 0 aromatic rings. The van der Waals surface area contributed by atoms with E-state index in [-0.39, 0.29) is 0 Å². The topological polar surface area (TPSA) is 40.5 Å². The molecule has 0 aromatic carbocycles. The summed E-state index contributed by atoms with van der Waals surface area (Å²) < 4.78 is 0. The number of aliphatic hydroxyl groups excluding tert-OH is 1. The summed E-state index contributed by atoms with van der Waals surface area (Å²) in [5.74, 6) is 7.26. The fraction of sp³-hybridized carbons (Fsp3) is 0.875. The highest BCUT2D eigenvalue weighted by atomic mass is 16.3. The molecule has 0 radical (unpaired) electrons. The molecule has 0 heterocycles. The lowest BCUT2D eigenvalue weighted by Crippen LogP contribution is -2.36. The molecule has 0 amide bonds. The quantitative estimate of drug-likeness (QED) is 0.684. The maximum absolute atomic E-state index is 9.78. The second-order valence-electron chi connectivity index (χ2n) is 6.08. The van der Waals surface area contributed by atoms with E-state index in [0.29, 0.717) is 18.3 Å². The molecular weight excluding hydrogens is 224 g/mol. The summed E-state index contributed by atoms with van der Waals surface area (Å²) in [4.78, 5) is 0.